The summed E-state index contributed by atoms with van der Waals surface area (Å²) < 4.78 is 5.97. The number of para-hydroxylation sites is 1. The molecule has 0 fully saturated rings. The number of ether oxygens (including phenoxy) is 1. The Kier molecular flexibility index (Phi) is 6.01. The van der Waals surface area contributed by atoms with Gasteiger partial charge in [0.05, 0.1) is 5.69 Å². The van der Waals surface area contributed by atoms with Gasteiger partial charge in [0.15, 0.2) is 0 Å². The summed E-state index contributed by atoms with van der Waals surface area (Å²) in [4.78, 5) is 11.7. The molecule has 4 nitrogen and oxygen atoms in total. The number of carbonyl (C=O) groups excluding carboxylic acids is 1. The van der Waals surface area contributed by atoms with Crippen LogP contribution >= 0.6 is 0 Å². The van der Waals surface area contributed by atoms with Crippen molar-refractivity contribution in [1.29, 1.82) is 0 Å². The van der Waals surface area contributed by atoms with Gasteiger partial charge in [-0.25, -0.2) is 4.79 Å². The summed E-state index contributed by atoms with van der Waals surface area (Å²) in [5.74, 6) is 0.849. The molecule has 0 aliphatic heterocycles. The van der Waals surface area contributed by atoms with Gasteiger partial charge < -0.3 is 15.4 Å². The smallest absolute Gasteiger partial charge is 0.319 e. The summed E-state index contributed by atoms with van der Waals surface area (Å²) in [6.45, 7) is 8.34. The molecule has 0 aliphatic carbocycles. The molecule has 0 saturated carbocycles. The van der Waals surface area contributed by atoms with E-state index in [1.807, 2.05) is 31.2 Å². The number of benzene rings is 2. The van der Waals surface area contributed by atoms with Gasteiger partial charge in [-0.05, 0) is 36.1 Å². The van der Waals surface area contributed by atoms with E-state index in [0.29, 0.717) is 6.61 Å². The van der Waals surface area contributed by atoms with Crippen LogP contribution in [0.3, 0.4) is 0 Å². The molecule has 0 unspecified atom stereocenters. The lowest BCUT2D eigenvalue weighted by molar-refractivity contribution is 0.254. The summed E-state index contributed by atoms with van der Waals surface area (Å²) in [6.07, 6.45) is 2.72. The number of anilines is 1. The highest BCUT2D eigenvalue weighted by Gasteiger charge is 2.10. The Balaban J connectivity index is 2.23. The van der Waals surface area contributed by atoms with Crippen LogP contribution in [0, 0.1) is 6.92 Å². The van der Waals surface area contributed by atoms with Crippen molar-refractivity contribution in [1.82, 2.24) is 5.32 Å². The van der Waals surface area contributed by atoms with Crippen LogP contribution in [0.5, 0.6) is 5.75 Å². The Labute approximate surface area is 143 Å². The molecule has 0 saturated heterocycles. The number of aryl methyl sites for hydroxylation is 2. The van der Waals surface area contributed by atoms with Crippen molar-refractivity contribution >= 4 is 17.8 Å². The van der Waals surface area contributed by atoms with Crippen LogP contribution in [0.15, 0.2) is 43.0 Å². The lowest BCUT2D eigenvalue weighted by Gasteiger charge is -2.16. The molecule has 2 aromatic carbocycles. The number of urea groups is 1. The number of rotatable bonds is 6. The van der Waals surface area contributed by atoms with Crippen molar-refractivity contribution in [3.05, 3.63) is 65.2 Å². The van der Waals surface area contributed by atoms with Crippen LogP contribution in [0.4, 0.5) is 10.5 Å². The average molecular weight is 324 g/mol. The van der Waals surface area contributed by atoms with Crippen molar-refractivity contribution in [3.63, 3.8) is 0 Å². The van der Waals surface area contributed by atoms with E-state index in [1.165, 1.54) is 5.56 Å². The summed E-state index contributed by atoms with van der Waals surface area (Å²) in [7, 11) is 1.58. The summed E-state index contributed by atoms with van der Waals surface area (Å²) >= 11 is 0. The third kappa shape index (κ3) is 4.16. The lowest BCUT2D eigenvalue weighted by atomic mass is 10.1. The second-order valence-corrected chi connectivity index (χ2v) is 5.53. The Morgan fingerprint density at radius 3 is 2.71 bits per heavy atom. The Morgan fingerprint density at radius 1 is 1.29 bits per heavy atom. The quantitative estimate of drug-likeness (QED) is 0.820. The molecule has 2 N–H and O–H groups in total. The van der Waals surface area contributed by atoms with E-state index in [-0.39, 0.29) is 6.03 Å². The Morgan fingerprint density at radius 2 is 2.08 bits per heavy atom. The molecule has 0 aliphatic rings. The molecule has 2 amide bonds. The molecular weight excluding hydrogens is 300 g/mol. The fourth-order valence-corrected chi connectivity index (χ4v) is 2.49. The molecular formula is C20H24N2O2. The average Bonchev–Trinajstić information content (AvgIpc) is 2.61. The van der Waals surface area contributed by atoms with E-state index in [4.69, 9.17) is 4.74 Å². The monoisotopic (exact) mass is 324 g/mol. The first-order valence-corrected chi connectivity index (χ1v) is 8.04. The van der Waals surface area contributed by atoms with Gasteiger partial charge in [-0.3, -0.25) is 0 Å². The van der Waals surface area contributed by atoms with Gasteiger partial charge in [0.25, 0.3) is 0 Å². The molecule has 0 radical (unpaired) electrons. The Bertz CT molecular complexity index is 738. The number of amides is 2. The predicted octanol–water partition coefficient (Wildman–Crippen LogP) is 4.53. The largest absolute Gasteiger partial charge is 0.489 e. The molecule has 0 heterocycles. The number of hydrogen-bond donors (Lipinski definition) is 2. The molecule has 4 heteroatoms. The van der Waals surface area contributed by atoms with Gasteiger partial charge in [0, 0.05) is 12.6 Å². The second kappa shape index (κ2) is 8.20. The fraction of sp³-hybridized carbons (Fsp3) is 0.250. The molecule has 126 valence electrons. The third-order valence-electron chi connectivity index (χ3n) is 3.90. The second-order valence-electron chi connectivity index (χ2n) is 5.53. The van der Waals surface area contributed by atoms with Gasteiger partial charge in [0.2, 0.25) is 0 Å². The zero-order valence-electron chi connectivity index (χ0n) is 14.5. The maximum absolute atomic E-state index is 11.7. The van der Waals surface area contributed by atoms with Gasteiger partial charge >= 0.3 is 6.03 Å². The lowest BCUT2D eigenvalue weighted by Crippen LogP contribution is -2.25. The summed E-state index contributed by atoms with van der Waals surface area (Å²) in [5.41, 5.74) is 4.87. The third-order valence-corrected chi connectivity index (χ3v) is 3.90. The maximum atomic E-state index is 11.7. The molecule has 2 aromatic rings. The van der Waals surface area contributed by atoms with E-state index in [1.54, 1.807) is 13.1 Å². The van der Waals surface area contributed by atoms with Crippen LogP contribution in [0.25, 0.3) is 6.08 Å². The van der Waals surface area contributed by atoms with Gasteiger partial charge in [-0.1, -0.05) is 49.9 Å². The summed E-state index contributed by atoms with van der Waals surface area (Å²) in [6, 6.07) is 11.7. The first-order valence-electron chi connectivity index (χ1n) is 8.04. The van der Waals surface area contributed by atoms with E-state index in [9.17, 15) is 4.79 Å². The molecule has 0 atom stereocenters. The minimum absolute atomic E-state index is 0.269. The van der Waals surface area contributed by atoms with Crippen LogP contribution < -0.4 is 15.4 Å². The highest BCUT2D eigenvalue weighted by molar-refractivity contribution is 5.92. The highest BCUT2D eigenvalue weighted by atomic mass is 16.5. The molecule has 0 aromatic heterocycles. The first-order chi connectivity index (χ1) is 11.6. The van der Waals surface area contributed by atoms with Crippen molar-refractivity contribution in [2.75, 3.05) is 12.4 Å². The molecule has 24 heavy (non-hydrogen) atoms. The fourth-order valence-electron chi connectivity index (χ4n) is 2.49. The van der Waals surface area contributed by atoms with Gasteiger partial charge in [-0.2, -0.15) is 0 Å². The van der Waals surface area contributed by atoms with Crippen LogP contribution in [-0.2, 0) is 13.0 Å². The maximum Gasteiger partial charge on any atom is 0.319 e. The van der Waals surface area contributed by atoms with Gasteiger partial charge in [0.1, 0.15) is 12.4 Å². The summed E-state index contributed by atoms with van der Waals surface area (Å²) in [5, 5.41) is 5.41. The predicted molar refractivity (Wildman–Crippen MR) is 99.5 cm³/mol. The van der Waals surface area contributed by atoms with E-state index >= 15 is 0 Å². The number of nitrogens with one attached hydrogen (secondary N) is 2. The molecule has 2 rings (SSSR count). The minimum atomic E-state index is -0.269. The SMILES string of the molecule is C=Cc1cccc(COc2ccc(CC)cc2C)c1NC(=O)NC. The van der Waals surface area contributed by atoms with E-state index in [0.717, 1.165) is 34.5 Å². The van der Waals surface area contributed by atoms with Crippen LogP contribution in [0.2, 0.25) is 0 Å². The van der Waals surface area contributed by atoms with Crippen LogP contribution in [0.1, 0.15) is 29.2 Å². The normalized spacial score (nSPS) is 10.1. The topological polar surface area (TPSA) is 50.4 Å². The van der Waals surface area contributed by atoms with Crippen LogP contribution in [-0.4, -0.2) is 13.1 Å². The Hall–Kier alpha value is -2.75. The van der Waals surface area contributed by atoms with Crippen molar-refractivity contribution in [2.45, 2.75) is 26.9 Å². The number of hydrogen-bond acceptors (Lipinski definition) is 2. The zero-order chi connectivity index (χ0) is 17.5. The minimum Gasteiger partial charge on any atom is -0.489 e. The van der Waals surface area contributed by atoms with E-state index in [2.05, 4.69) is 36.3 Å². The first kappa shape index (κ1) is 17.6. The van der Waals surface area contributed by atoms with Gasteiger partial charge in [-0.15, -0.1) is 0 Å². The number of carbonyl (C=O) groups is 1. The highest BCUT2D eigenvalue weighted by Crippen LogP contribution is 2.26. The standard InChI is InChI=1S/C20H24N2O2/c1-5-15-10-11-18(14(3)12-15)24-13-17-9-7-8-16(6-2)19(17)22-20(23)21-4/h6-12H,2,5,13H2,1,3-4H3,(H2,21,22,23). The van der Waals surface area contributed by atoms with E-state index < -0.39 is 0 Å². The molecule has 0 spiro atoms. The zero-order valence-corrected chi connectivity index (χ0v) is 14.5. The molecule has 0 bridgehead atoms. The van der Waals surface area contributed by atoms with Crippen molar-refractivity contribution < 1.29 is 9.53 Å². The van der Waals surface area contributed by atoms with Crippen molar-refractivity contribution in [2.24, 2.45) is 0 Å². The van der Waals surface area contributed by atoms with Crippen molar-refractivity contribution in [3.8, 4) is 5.75 Å².